The van der Waals surface area contributed by atoms with Crippen molar-refractivity contribution < 1.29 is 4.79 Å². The summed E-state index contributed by atoms with van der Waals surface area (Å²) in [5.74, 6) is 0.140. The Hall–Kier alpha value is -1.84. The van der Waals surface area contributed by atoms with Gasteiger partial charge in [0.15, 0.2) is 0 Å². The highest BCUT2D eigenvalue weighted by Crippen LogP contribution is 2.18. The molecule has 18 heavy (non-hydrogen) atoms. The minimum Gasteiger partial charge on any atom is -0.349 e. The average molecular weight is 245 g/mol. The van der Waals surface area contributed by atoms with E-state index >= 15 is 0 Å². The van der Waals surface area contributed by atoms with Gasteiger partial charge >= 0.3 is 0 Å². The van der Waals surface area contributed by atoms with E-state index in [1.807, 2.05) is 10.9 Å². The zero-order valence-corrected chi connectivity index (χ0v) is 11.4. The van der Waals surface area contributed by atoms with Crippen LogP contribution in [0.2, 0.25) is 0 Å². The smallest absolute Gasteiger partial charge is 0.223 e. The Morgan fingerprint density at radius 3 is 2.61 bits per heavy atom. The van der Waals surface area contributed by atoms with Crippen LogP contribution in [0.4, 0.5) is 0 Å². The number of fused-ring (bicyclic) bond motifs is 1. The maximum atomic E-state index is 11.6. The minimum absolute atomic E-state index is 0.140. The molecule has 2 rings (SSSR count). The number of hydrogen-bond acceptors (Lipinski definition) is 2. The van der Waals surface area contributed by atoms with E-state index in [4.69, 9.17) is 0 Å². The van der Waals surface area contributed by atoms with E-state index in [2.05, 4.69) is 31.0 Å². The molecule has 0 N–H and O–H groups in total. The van der Waals surface area contributed by atoms with Crippen LogP contribution in [0.25, 0.3) is 11.0 Å². The van der Waals surface area contributed by atoms with Crippen LogP contribution in [-0.4, -0.2) is 34.5 Å². The molecule has 0 saturated heterocycles. The van der Waals surface area contributed by atoms with Crippen LogP contribution in [0.1, 0.15) is 17.5 Å². The Bertz CT molecular complexity index is 584. The molecule has 0 radical (unpaired) electrons. The first-order valence-corrected chi connectivity index (χ1v) is 6.11. The highest BCUT2D eigenvalue weighted by atomic mass is 16.2. The summed E-state index contributed by atoms with van der Waals surface area (Å²) in [7, 11) is 3.56. The quantitative estimate of drug-likeness (QED) is 0.831. The lowest BCUT2D eigenvalue weighted by molar-refractivity contribution is -0.128. The monoisotopic (exact) mass is 245 g/mol. The predicted octanol–water partition coefficient (Wildman–Crippen LogP) is 2.13. The van der Waals surface area contributed by atoms with Gasteiger partial charge in [0.2, 0.25) is 5.91 Å². The van der Waals surface area contributed by atoms with Crippen molar-refractivity contribution in [2.75, 3.05) is 14.1 Å². The lowest BCUT2D eigenvalue weighted by atomic mass is 10.1. The molecular formula is C14H19N3O. The fourth-order valence-corrected chi connectivity index (χ4v) is 1.93. The summed E-state index contributed by atoms with van der Waals surface area (Å²) < 4.78 is 2.04. The van der Waals surface area contributed by atoms with E-state index < -0.39 is 0 Å². The SMILES string of the molecule is Cc1cc2ncn(CCC(=O)N(C)C)c2cc1C. The van der Waals surface area contributed by atoms with Gasteiger partial charge in [-0.15, -0.1) is 0 Å². The van der Waals surface area contributed by atoms with Crippen molar-refractivity contribution in [1.82, 2.24) is 14.5 Å². The van der Waals surface area contributed by atoms with Crippen LogP contribution in [0, 0.1) is 13.8 Å². The number of nitrogens with zero attached hydrogens (tertiary/aromatic N) is 3. The van der Waals surface area contributed by atoms with Gasteiger partial charge in [-0.05, 0) is 37.1 Å². The van der Waals surface area contributed by atoms with E-state index in [-0.39, 0.29) is 5.91 Å². The van der Waals surface area contributed by atoms with E-state index in [9.17, 15) is 4.79 Å². The molecule has 0 fully saturated rings. The van der Waals surface area contributed by atoms with E-state index in [1.165, 1.54) is 11.1 Å². The van der Waals surface area contributed by atoms with Gasteiger partial charge in [-0.1, -0.05) is 0 Å². The first-order valence-electron chi connectivity index (χ1n) is 6.11. The number of benzene rings is 1. The lowest BCUT2D eigenvalue weighted by Crippen LogP contribution is -2.22. The highest BCUT2D eigenvalue weighted by molar-refractivity contribution is 5.78. The van der Waals surface area contributed by atoms with Crippen LogP contribution in [0.3, 0.4) is 0 Å². The summed E-state index contributed by atoms with van der Waals surface area (Å²) in [5.41, 5.74) is 4.60. The maximum Gasteiger partial charge on any atom is 0.223 e. The van der Waals surface area contributed by atoms with E-state index in [0.717, 1.165) is 11.0 Å². The average Bonchev–Trinajstić information content (AvgIpc) is 2.69. The lowest BCUT2D eigenvalue weighted by Gasteiger charge is -2.11. The normalized spacial score (nSPS) is 10.9. The zero-order chi connectivity index (χ0) is 13.3. The molecule has 2 aromatic rings. The van der Waals surface area contributed by atoms with Gasteiger partial charge < -0.3 is 9.47 Å². The molecule has 1 aromatic heterocycles. The molecule has 0 aliphatic heterocycles. The van der Waals surface area contributed by atoms with Gasteiger partial charge in [-0.25, -0.2) is 4.98 Å². The van der Waals surface area contributed by atoms with Gasteiger partial charge in [-0.3, -0.25) is 4.79 Å². The van der Waals surface area contributed by atoms with Gasteiger partial charge in [0.1, 0.15) is 0 Å². The summed E-state index contributed by atoms with van der Waals surface area (Å²) in [4.78, 5) is 17.6. The van der Waals surface area contributed by atoms with Crippen LogP contribution in [-0.2, 0) is 11.3 Å². The molecule has 0 aliphatic rings. The maximum absolute atomic E-state index is 11.6. The Morgan fingerprint density at radius 1 is 1.28 bits per heavy atom. The molecule has 4 heteroatoms. The molecular weight excluding hydrogens is 226 g/mol. The molecule has 0 aliphatic carbocycles. The largest absolute Gasteiger partial charge is 0.349 e. The van der Waals surface area contributed by atoms with Gasteiger partial charge in [0.25, 0.3) is 0 Å². The first kappa shape index (κ1) is 12.6. The summed E-state index contributed by atoms with van der Waals surface area (Å²) in [5, 5.41) is 0. The minimum atomic E-state index is 0.140. The molecule has 0 atom stereocenters. The Kier molecular flexibility index (Phi) is 3.36. The fraction of sp³-hybridized carbons (Fsp3) is 0.429. The topological polar surface area (TPSA) is 38.1 Å². The van der Waals surface area contributed by atoms with Crippen molar-refractivity contribution in [3.63, 3.8) is 0 Å². The Morgan fingerprint density at radius 2 is 1.94 bits per heavy atom. The van der Waals surface area contributed by atoms with Crippen molar-refractivity contribution in [1.29, 1.82) is 0 Å². The fourth-order valence-electron chi connectivity index (χ4n) is 1.93. The molecule has 4 nitrogen and oxygen atoms in total. The molecule has 0 unspecified atom stereocenters. The first-order chi connectivity index (χ1) is 8.49. The van der Waals surface area contributed by atoms with Crippen molar-refractivity contribution in [3.05, 3.63) is 29.6 Å². The Balaban J connectivity index is 2.24. The summed E-state index contributed by atoms with van der Waals surface area (Å²) in [6.45, 7) is 4.86. The van der Waals surface area contributed by atoms with Gasteiger partial charge in [0.05, 0.1) is 17.4 Å². The van der Waals surface area contributed by atoms with Gasteiger partial charge in [-0.2, -0.15) is 0 Å². The second-order valence-corrected chi connectivity index (χ2v) is 4.90. The highest BCUT2D eigenvalue weighted by Gasteiger charge is 2.08. The second kappa shape index (κ2) is 4.80. The number of rotatable bonds is 3. The number of hydrogen-bond donors (Lipinski definition) is 0. The third-order valence-electron chi connectivity index (χ3n) is 3.30. The molecule has 1 aromatic carbocycles. The van der Waals surface area contributed by atoms with Crippen molar-refractivity contribution >= 4 is 16.9 Å². The number of imidazole rings is 1. The van der Waals surface area contributed by atoms with Crippen molar-refractivity contribution in [3.8, 4) is 0 Å². The Labute approximate surface area is 107 Å². The van der Waals surface area contributed by atoms with Crippen molar-refractivity contribution in [2.45, 2.75) is 26.8 Å². The summed E-state index contributed by atoms with van der Waals surface area (Å²) in [6, 6.07) is 4.23. The predicted molar refractivity (Wildman–Crippen MR) is 72.5 cm³/mol. The molecule has 1 amide bonds. The molecule has 96 valence electrons. The van der Waals surface area contributed by atoms with Crippen LogP contribution >= 0.6 is 0 Å². The number of aromatic nitrogens is 2. The summed E-state index contributed by atoms with van der Waals surface area (Å²) in [6.07, 6.45) is 2.32. The number of carbonyl (C=O) groups excluding carboxylic acids is 1. The van der Waals surface area contributed by atoms with Crippen LogP contribution in [0.5, 0.6) is 0 Å². The third-order valence-corrected chi connectivity index (χ3v) is 3.30. The molecule has 1 heterocycles. The molecule has 0 bridgehead atoms. The van der Waals surface area contributed by atoms with E-state index in [0.29, 0.717) is 13.0 Å². The standard InChI is InChI=1S/C14H19N3O/c1-10-7-12-13(8-11(10)2)17(9-15-12)6-5-14(18)16(3)4/h7-9H,5-6H2,1-4H3. The number of carbonyl (C=O) groups is 1. The third kappa shape index (κ3) is 2.37. The summed E-state index contributed by atoms with van der Waals surface area (Å²) >= 11 is 0. The van der Waals surface area contributed by atoms with Crippen LogP contribution in [0.15, 0.2) is 18.5 Å². The second-order valence-electron chi connectivity index (χ2n) is 4.90. The molecule has 0 spiro atoms. The molecule has 0 saturated carbocycles. The van der Waals surface area contributed by atoms with Crippen LogP contribution < -0.4 is 0 Å². The van der Waals surface area contributed by atoms with Crippen molar-refractivity contribution in [2.24, 2.45) is 0 Å². The number of amides is 1. The number of aryl methyl sites for hydroxylation is 3. The van der Waals surface area contributed by atoms with E-state index in [1.54, 1.807) is 19.0 Å². The van der Waals surface area contributed by atoms with Gasteiger partial charge in [0, 0.05) is 27.1 Å². The zero-order valence-electron chi connectivity index (χ0n) is 11.4.